The number of rotatable bonds is 1. The van der Waals surface area contributed by atoms with Crippen molar-refractivity contribution in [1.29, 1.82) is 0 Å². The minimum absolute atomic E-state index is 0.217. The van der Waals surface area contributed by atoms with Gasteiger partial charge in [-0.2, -0.15) is 4.98 Å². The maximum Gasteiger partial charge on any atom is 0.292 e. The zero-order valence-corrected chi connectivity index (χ0v) is 7.39. The highest BCUT2D eigenvalue weighted by atomic mass is 32.1. The highest BCUT2D eigenvalue weighted by Crippen LogP contribution is 2.24. The van der Waals surface area contributed by atoms with E-state index in [1.54, 1.807) is 17.6 Å². The highest BCUT2D eigenvalue weighted by Gasteiger charge is 2.04. The Kier molecular flexibility index (Phi) is 1.62. The molecule has 62 valence electrons. The summed E-state index contributed by atoms with van der Waals surface area (Å²) in [7, 11) is 0. The van der Waals surface area contributed by atoms with Crippen molar-refractivity contribution in [2.75, 3.05) is 5.73 Å². The molecule has 0 amide bonds. The Morgan fingerprint density at radius 2 is 2.42 bits per heavy atom. The normalized spacial score (nSPS) is 10.4. The van der Waals surface area contributed by atoms with Gasteiger partial charge in [0.25, 0.3) is 6.01 Å². The third-order valence-electron chi connectivity index (χ3n) is 1.55. The molecular formula is C8H8N2OS. The van der Waals surface area contributed by atoms with E-state index < -0.39 is 0 Å². The topological polar surface area (TPSA) is 52.0 Å². The lowest BCUT2D eigenvalue weighted by Gasteiger charge is -1.83. The van der Waals surface area contributed by atoms with Crippen molar-refractivity contribution in [3.8, 4) is 11.3 Å². The quantitative estimate of drug-likeness (QED) is 0.732. The van der Waals surface area contributed by atoms with Gasteiger partial charge in [0.15, 0.2) is 0 Å². The summed E-state index contributed by atoms with van der Waals surface area (Å²) < 4.78 is 4.90. The SMILES string of the molecule is Cc1cc(-c2coc(N)n2)cs1. The largest absolute Gasteiger partial charge is 0.432 e. The van der Waals surface area contributed by atoms with Crippen LogP contribution >= 0.6 is 11.3 Å². The Hall–Kier alpha value is -1.29. The number of aryl methyl sites for hydroxylation is 1. The summed E-state index contributed by atoms with van der Waals surface area (Å²) in [6.45, 7) is 2.05. The average molecular weight is 180 g/mol. The number of nitrogen functional groups attached to an aromatic ring is 1. The van der Waals surface area contributed by atoms with Crippen LogP contribution in [-0.2, 0) is 0 Å². The minimum atomic E-state index is 0.217. The molecule has 0 fully saturated rings. The second kappa shape index (κ2) is 2.64. The Morgan fingerprint density at radius 1 is 1.58 bits per heavy atom. The molecule has 0 bridgehead atoms. The van der Waals surface area contributed by atoms with Gasteiger partial charge in [0.1, 0.15) is 12.0 Å². The van der Waals surface area contributed by atoms with E-state index in [1.165, 1.54) is 4.88 Å². The van der Waals surface area contributed by atoms with Crippen molar-refractivity contribution in [2.45, 2.75) is 6.92 Å². The average Bonchev–Trinajstić information content (AvgIpc) is 2.58. The molecule has 0 aliphatic carbocycles. The van der Waals surface area contributed by atoms with Gasteiger partial charge in [-0.3, -0.25) is 0 Å². The molecule has 2 aromatic heterocycles. The van der Waals surface area contributed by atoms with Crippen LogP contribution < -0.4 is 5.73 Å². The molecule has 12 heavy (non-hydrogen) atoms. The Morgan fingerprint density at radius 3 is 2.92 bits per heavy atom. The lowest BCUT2D eigenvalue weighted by Crippen LogP contribution is -1.82. The maximum absolute atomic E-state index is 5.35. The molecule has 3 nitrogen and oxygen atoms in total. The van der Waals surface area contributed by atoms with E-state index in [1.807, 2.05) is 5.38 Å². The molecule has 2 aromatic rings. The maximum atomic E-state index is 5.35. The molecule has 0 aromatic carbocycles. The number of nitrogens with zero attached hydrogens (tertiary/aromatic N) is 1. The van der Waals surface area contributed by atoms with E-state index in [4.69, 9.17) is 10.2 Å². The minimum Gasteiger partial charge on any atom is -0.432 e. The number of oxazole rings is 1. The van der Waals surface area contributed by atoms with Crippen LogP contribution in [0.25, 0.3) is 11.3 Å². The van der Waals surface area contributed by atoms with Gasteiger partial charge in [0.2, 0.25) is 0 Å². The van der Waals surface area contributed by atoms with Crippen LogP contribution in [0.1, 0.15) is 4.88 Å². The van der Waals surface area contributed by atoms with Crippen LogP contribution in [-0.4, -0.2) is 4.98 Å². The van der Waals surface area contributed by atoms with Crippen LogP contribution in [0.4, 0.5) is 6.01 Å². The number of nitrogens with two attached hydrogens (primary N) is 1. The van der Waals surface area contributed by atoms with Gasteiger partial charge in [-0.05, 0) is 13.0 Å². The standard InChI is InChI=1S/C8H8N2OS/c1-5-2-6(4-12-5)7-3-11-8(9)10-7/h2-4H,1H3,(H2,9,10). The first-order chi connectivity index (χ1) is 5.75. The zero-order chi connectivity index (χ0) is 8.55. The number of hydrogen-bond acceptors (Lipinski definition) is 4. The fourth-order valence-corrected chi connectivity index (χ4v) is 1.69. The number of anilines is 1. The smallest absolute Gasteiger partial charge is 0.292 e. The van der Waals surface area contributed by atoms with Crippen LogP contribution in [0.2, 0.25) is 0 Å². The van der Waals surface area contributed by atoms with Crippen molar-refractivity contribution in [3.05, 3.63) is 22.6 Å². The monoisotopic (exact) mass is 180 g/mol. The Labute approximate surface area is 73.8 Å². The first-order valence-corrected chi connectivity index (χ1v) is 4.40. The third kappa shape index (κ3) is 1.21. The fourth-order valence-electron chi connectivity index (χ4n) is 0.998. The number of thiophene rings is 1. The molecule has 0 unspecified atom stereocenters. The van der Waals surface area contributed by atoms with Gasteiger partial charge in [-0.15, -0.1) is 11.3 Å². The summed E-state index contributed by atoms with van der Waals surface area (Å²) in [6, 6.07) is 2.27. The first-order valence-electron chi connectivity index (χ1n) is 3.52. The van der Waals surface area contributed by atoms with Crippen molar-refractivity contribution in [3.63, 3.8) is 0 Å². The molecule has 0 saturated carbocycles. The van der Waals surface area contributed by atoms with Gasteiger partial charge in [-0.25, -0.2) is 0 Å². The molecule has 0 spiro atoms. The summed E-state index contributed by atoms with van der Waals surface area (Å²) >= 11 is 1.69. The molecule has 0 radical (unpaired) electrons. The first kappa shape index (κ1) is 7.36. The van der Waals surface area contributed by atoms with Gasteiger partial charge in [0, 0.05) is 15.8 Å². The predicted octanol–water partition coefficient (Wildman–Crippen LogP) is 2.29. The van der Waals surface area contributed by atoms with Gasteiger partial charge in [-0.1, -0.05) is 0 Å². The van der Waals surface area contributed by atoms with Crippen molar-refractivity contribution < 1.29 is 4.42 Å². The third-order valence-corrected chi connectivity index (χ3v) is 2.41. The van der Waals surface area contributed by atoms with Crippen molar-refractivity contribution >= 4 is 17.4 Å². The van der Waals surface area contributed by atoms with Gasteiger partial charge >= 0.3 is 0 Å². The van der Waals surface area contributed by atoms with Crippen molar-refractivity contribution in [1.82, 2.24) is 4.98 Å². The highest BCUT2D eigenvalue weighted by molar-refractivity contribution is 7.10. The second-order valence-electron chi connectivity index (χ2n) is 2.52. The summed E-state index contributed by atoms with van der Waals surface area (Å²) in [4.78, 5) is 5.27. The molecule has 4 heteroatoms. The van der Waals surface area contributed by atoms with E-state index in [9.17, 15) is 0 Å². The molecule has 0 aliphatic heterocycles. The van der Waals surface area contributed by atoms with E-state index >= 15 is 0 Å². The molecule has 2 heterocycles. The van der Waals surface area contributed by atoms with Crippen molar-refractivity contribution in [2.24, 2.45) is 0 Å². The molecular weight excluding hydrogens is 172 g/mol. The van der Waals surface area contributed by atoms with E-state index in [0.29, 0.717) is 0 Å². The molecule has 0 atom stereocenters. The van der Waals surface area contributed by atoms with Crippen LogP contribution in [0, 0.1) is 6.92 Å². The van der Waals surface area contributed by atoms with Gasteiger partial charge < -0.3 is 10.2 Å². The van der Waals surface area contributed by atoms with E-state index in [-0.39, 0.29) is 6.01 Å². The Bertz CT molecular complexity index is 353. The number of hydrogen-bond donors (Lipinski definition) is 1. The van der Waals surface area contributed by atoms with E-state index in [2.05, 4.69) is 18.0 Å². The molecule has 0 saturated heterocycles. The summed E-state index contributed by atoms with van der Waals surface area (Å²) in [5.41, 5.74) is 7.22. The molecule has 2 rings (SSSR count). The Balaban J connectivity index is 2.43. The lowest BCUT2D eigenvalue weighted by atomic mass is 10.2. The predicted molar refractivity (Wildman–Crippen MR) is 49.0 cm³/mol. The zero-order valence-electron chi connectivity index (χ0n) is 6.57. The number of aromatic nitrogens is 1. The molecule has 0 aliphatic rings. The lowest BCUT2D eigenvalue weighted by molar-refractivity contribution is 0.581. The summed E-state index contributed by atoms with van der Waals surface area (Å²) in [6.07, 6.45) is 1.57. The van der Waals surface area contributed by atoms with Crippen LogP contribution in [0.15, 0.2) is 22.1 Å². The molecule has 2 N–H and O–H groups in total. The van der Waals surface area contributed by atoms with E-state index in [0.717, 1.165) is 11.3 Å². The summed E-state index contributed by atoms with van der Waals surface area (Å²) in [5, 5.41) is 2.03. The van der Waals surface area contributed by atoms with Crippen LogP contribution in [0.3, 0.4) is 0 Å². The van der Waals surface area contributed by atoms with Crippen LogP contribution in [0.5, 0.6) is 0 Å². The van der Waals surface area contributed by atoms with Gasteiger partial charge in [0.05, 0.1) is 0 Å². The fraction of sp³-hybridized carbons (Fsp3) is 0.125. The second-order valence-corrected chi connectivity index (χ2v) is 3.63. The summed E-state index contributed by atoms with van der Waals surface area (Å²) in [5.74, 6) is 0.